The lowest BCUT2D eigenvalue weighted by Gasteiger charge is -2.24. The van der Waals surface area contributed by atoms with Crippen LogP contribution in [0.3, 0.4) is 0 Å². The van der Waals surface area contributed by atoms with Crippen molar-refractivity contribution in [2.75, 3.05) is 18.7 Å². The summed E-state index contributed by atoms with van der Waals surface area (Å²) in [6, 6.07) is -1.47. The fourth-order valence-electron chi connectivity index (χ4n) is 1.96. The number of thioether (sulfide) groups is 1. The molecule has 0 bridgehead atoms. The molecule has 7 nitrogen and oxygen atoms in total. The molecule has 128 valence electrons. The topological polar surface area (TPSA) is 113 Å². The third-order valence-corrected chi connectivity index (χ3v) is 3.63. The Labute approximate surface area is 136 Å². The minimum Gasteiger partial charge on any atom is -0.352 e. The molecule has 3 amide bonds. The number of hydrogen-bond acceptors (Lipinski definition) is 5. The van der Waals surface area contributed by atoms with Gasteiger partial charge in [0.15, 0.2) is 5.78 Å². The molecule has 0 aliphatic carbocycles. The van der Waals surface area contributed by atoms with Crippen LogP contribution < -0.4 is 21.7 Å². The van der Waals surface area contributed by atoms with Crippen molar-refractivity contribution in [2.24, 2.45) is 11.7 Å². The van der Waals surface area contributed by atoms with E-state index in [0.717, 1.165) is 0 Å². The van der Waals surface area contributed by atoms with Crippen LogP contribution in [0.1, 0.15) is 33.6 Å². The molecule has 5 N–H and O–H groups in total. The summed E-state index contributed by atoms with van der Waals surface area (Å²) >= 11 is 1.60. The fraction of sp³-hybridized carbons (Fsp3) is 0.786. The Morgan fingerprint density at radius 2 is 1.86 bits per heavy atom. The number of carbonyl (C=O) groups excluding carboxylic acids is 3. The molecule has 0 aliphatic rings. The quantitative estimate of drug-likeness (QED) is 0.324. The highest BCUT2D eigenvalue weighted by molar-refractivity contribution is 7.98. The van der Waals surface area contributed by atoms with Gasteiger partial charge in [0.1, 0.15) is 0 Å². The SMILES string of the molecule is CSCN[C@H](C(=O)N[C@@H](CCCNC(N)=O)C(C)=O)C(C)C. The largest absolute Gasteiger partial charge is 0.352 e. The van der Waals surface area contributed by atoms with E-state index in [2.05, 4.69) is 16.0 Å². The molecule has 0 saturated heterocycles. The summed E-state index contributed by atoms with van der Waals surface area (Å²) in [5.74, 6) is 0.520. The van der Waals surface area contributed by atoms with Crippen molar-refractivity contribution in [3.8, 4) is 0 Å². The Bertz CT molecular complexity index is 377. The number of amides is 3. The summed E-state index contributed by atoms with van der Waals surface area (Å²) in [6.07, 6.45) is 2.99. The van der Waals surface area contributed by atoms with Crippen LogP contribution in [0.5, 0.6) is 0 Å². The van der Waals surface area contributed by atoms with Gasteiger partial charge in [0, 0.05) is 12.4 Å². The first-order valence-electron chi connectivity index (χ1n) is 7.36. The normalized spacial score (nSPS) is 13.5. The second-order valence-corrected chi connectivity index (χ2v) is 6.33. The molecule has 0 aliphatic heterocycles. The van der Waals surface area contributed by atoms with Gasteiger partial charge in [-0.15, -0.1) is 11.8 Å². The average Bonchev–Trinajstić information content (AvgIpc) is 2.41. The highest BCUT2D eigenvalue weighted by atomic mass is 32.2. The lowest BCUT2D eigenvalue weighted by atomic mass is 10.0. The monoisotopic (exact) mass is 332 g/mol. The average molecular weight is 332 g/mol. The Morgan fingerprint density at radius 1 is 1.23 bits per heavy atom. The van der Waals surface area contributed by atoms with Crippen molar-refractivity contribution < 1.29 is 14.4 Å². The van der Waals surface area contributed by atoms with Crippen molar-refractivity contribution in [3.05, 3.63) is 0 Å². The van der Waals surface area contributed by atoms with Gasteiger partial charge in [0.25, 0.3) is 0 Å². The van der Waals surface area contributed by atoms with E-state index in [4.69, 9.17) is 5.73 Å². The smallest absolute Gasteiger partial charge is 0.312 e. The van der Waals surface area contributed by atoms with Gasteiger partial charge in [-0.2, -0.15) is 0 Å². The number of hydrogen-bond donors (Lipinski definition) is 4. The van der Waals surface area contributed by atoms with Gasteiger partial charge >= 0.3 is 6.03 Å². The molecule has 8 heteroatoms. The number of nitrogens with two attached hydrogens (primary N) is 1. The van der Waals surface area contributed by atoms with Gasteiger partial charge in [-0.1, -0.05) is 13.8 Å². The molecule has 0 radical (unpaired) electrons. The van der Waals surface area contributed by atoms with Crippen molar-refractivity contribution >= 4 is 29.5 Å². The molecule has 22 heavy (non-hydrogen) atoms. The zero-order valence-corrected chi connectivity index (χ0v) is 14.6. The molecule has 0 heterocycles. The Kier molecular flexibility index (Phi) is 10.7. The van der Waals surface area contributed by atoms with Gasteiger partial charge in [0.2, 0.25) is 5.91 Å². The molecule has 2 atom stereocenters. The standard InChI is InChI=1S/C14H28N4O3S/c1-9(2)12(17-8-22-4)13(20)18-11(10(3)19)6-5-7-16-14(15)21/h9,11-12,17H,5-8H2,1-4H3,(H,18,20)(H3,15,16,21)/t11-,12-/m0/s1. The molecule has 0 aromatic rings. The van der Waals surface area contributed by atoms with E-state index in [-0.39, 0.29) is 23.7 Å². The summed E-state index contributed by atoms with van der Waals surface area (Å²) < 4.78 is 0. The van der Waals surface area contributed by atoms with Crippen molar-refractivity contribution in [1.82, 2.24) is 16.0 Å². The lowest BCUT2D eigenvalue weighted by molar-refractivity contribution is -0.129. The third-order valence-electron chi connectivity index (χ3n) is 3.17. The van der Waals surface area contributed by atoms with Crippen molar-refractivity contribution in [3.63, 3.8) is 0 Å². The van der Waals surface area contributed by atoms with E-state index in [0.29, 0.717) is 25.3 Å². The third kappa shape index (κ3) is 8.89. The first kappa shape index (κ1) is 20.7. The van der Waals surface area contributed by atoms with E-state index in [1.54, 1.807) is 11.8 Å². The molecular formula is C14H28N4O3S. The summed E-state index contributed by atoms with van der Waals surface area (Å²) in [7, 11) is 0. The van der Waals surface area contributed by atoms with Crippen LogP contribution in [0.2, 0.25) is 0 Å². The van der Waals surface area contributed by atoms with Gasteiger partial charge in [0.05, 0.1) is 12.1 Å². The molecule has 0 rings (SSSR count). The number of urea groups is 1. The number of ketones is 1. The summed E-state index contributed by atoms with van der Waals surface area (Å²) in [5, 5.41) is 8.41. The van der Waals surface area contributed by atoms with Crippen LogP contribution in [-0.4, -0.2) is 48.5 Å². The predicted octanol–water partition coefficient (Wildman–Crippen LogP) is 0.443. The Balaban J connectivity index is 4.48. The number of primary amides is 1. The predicted molar refractivity (Wildman–Crippen MR) is 89.6 cm³/mol. The van der Waals surface area contributed by atoms with Gasteiger partial charge in [-0.3, -0.25) is 14.9 Å². The second kappa shape index (κ2) is 11.3. The van der Waals surface area contributed by atoms with Gasteiger partial charge in [-0.05, 0) is 31.9 Å². The second-order valence-electron chi connectivity index (χ2n) is 5.46. The first-order valence-corrected chi connectivity index (χ1v) is 8.75. The van der Waals surface area contributed by atoms with E-state index in [9.17, 15) is 14.4 Å². The zero-order chi connectivity index (χ0) is 17.1. The molecular weight excluding hydrogens is 304 g/mol. The van der Waals surface area contributed by atoms with Crippen LogP contribution in [0.25, 0.3) is 0 Å². The number of rotatable bonds is 11. The lowest BCUT2D eigenvalue weighted by Crippen LogP contribution is -2.52. The van der Waals surface area contributed by atoms with E-state index < -0.39 is 12.1 Å². The van der Waals surface area contributed by atoms with Crippen LogP contribution in [-0.2, 0) is 9.59 Å². The number of carbonyl (C=O) groups is 3. The van der Waals surface area contributed by atoms with Crippen molar-refractivity contribution in [2.45, 2.75) is 45.7 Å². The highest BCUT2D eigenvalue weighted by Crippen LogP contribution is 2.06. The van der Waals surface area contributed by atoms with Crippen LogP contribution in [0, 0.1) is 5.92 Å². The molecule has 0 aromatic heterocycles. The number of nitrogens with one attached hydrogen (secondary N) is 3. The summed E-state index contributed by atoms with van der Waals surface area (Å²) in [5.41, 5.74) is 4.97. The Morgan fingerprint density at radius 3 is 2.32 bits per heavy atom. The molecule has 0 aromatic carbocycles. The molecule has 0 spiro atoms. The van der Waals surface area contributed by atoms with Crippen molar-refractivity contribution in [1.29, 1.82) is 0 Å². The first-order chi connectivity index (χ1) is 10.3. The van der Waals surface area contributed by atoms with Crippen LogP contribution in [0.15, 0.2) is 0 Å². The Hall–Kier alpha value is -1.28. The highest BCUT2D eigenvalue weighted by Gasteiger charge is 2.25. The van der Waals surface area contributed by atoms with Gasteiger partial charge in [-0.25, -0.2) is 4.79 Å². The summed E-state index contributed by atoms with van der Waals surface area (Å²) in [6.45, 7) is 5.74. The van der Waals surface area contributed by atoms with E-state index in [1.807, 2.05) is 20.1 Å². The molecule has 0 saturated carbocycles. The minimum atomic E-state index is -0.593. The number of Topliss-reactive ketones (excluding diaryl/α,β-unsaturated/α-hetero) is 1. The molecule has 0 unspecified atom stereocenters. The maximum atomic E-state index is 12.3. The zero-order valence-electron chi connectivity index (χ0n) is 13.8. The van der Waals surface area contributed by atoms with E-state index in [1.165, 1.54) is 6.92 Å². The minimum absolute atomic E-state index is 0.0974. The van der Waals surface area contributed by atoms with Crippen LogP contribution >= 0.6 is 11.8 Å². The maximum absolute atomic E-state index is 12.3. The summed E-state index contributed by atoms with van der Waals surface area (Å²) in [4.78, 5) is 34.6. The van der Waals surface area contributed by atoms with E-state index >= 15 is 0 Å². The molecule has 0 fully saturated rings. The van der Waals surface area contributed by atoms with Gasteiger partial charge < -0.3 is 16.4 Å². The van der Waals surface area contributed by atoms with Crippen LogP contribution in [0.4, 0.5) is 4.79 Å². The fourth-order valence-corrected chi connectivity index (χ4v) is 2.31. The maximum Gasteiger partial charge on any atom is 0.312 e.